The standard InChI is InChI=1S/C15H13NO2/c16-14-9-5-12(6-10-14)2-1-11-3-7-13(8-4-11)15(17)18/h1-10H,16H2,(H,17,18). The summed E-state index contributed by atoms with van der Waals surface area (Å²) in [4.78, 5) is 10.7. The van der Waals surface area contributed by atoms with Crippen molar-refractivity contribution in [3.8, 4) is 0 Å². The van der Waals surface area contributed by atoms with E-state index in [1.54, 1.807) is 24.3 Å². The van der Waals surface area contributed by atoms with Gasteiger partial charge in [-0.15, -0.1) is 0 Å². The smallest absolute Gasteiger partial charge is 0.335 e. The van der Waals surface area contributed by atoms with E-state index in [4.69, 9.17) is 10.8 Å². The molecule has 2 rings (SSSR count). The summed E-state index contributed by atoms with van der Waals surface area (Å²) in [5.41, 5.74) is 8.63. The van der Waals surface area contributed by atoms with E-state index in [2.05, 4.69) is 0 Å². The topological polar surface area (TPSA) is 63.3 Å². The van der Waals surface area contributed by atoms with Crippen LogP contribution in [-0.4, -0.2) is 11.1 Å². The predicted molar refractivity (Wildman–Crippen MR) is 73.2 cm³/mol. The second-order valence-electron chi connectivity index (χ2n) is 3.93. The van der Waals surface area contributed by atoms with E-state index in [-0.39, 0.29) is 0 Å². The van der Waals surface area contributed by atoms with Crippen molar-refractivity contribution in [2.75, 3.05) is 5.73 Å². The van der Waals surface area contributed by atoms with E-state index < -0.39 is 5.97 Å². The molecule has 0 bridgehead atoms. The summed E-state index contributed by atoms with van der Waals surface area (Å²) >= 11 is 0. The van der Waals surface area contributed by atoms with Gasteiger partial charge in [0.1, 0.15) is 0 Å². The maximum Gasteiger partial charge on any atom is 0.335 e. The summed E-state index contributed by atoms with van der Waals surface area (Å²) in [6, 6.07) is 14.3. The summed E-state index contributed by atoms with van der Waals surface area (Å²) in [7, 11) is 0. The zero-order valence-electron chi connectivity index (χ0n) is 9.71. The van der Waals surface area contributed by atoms with Crippen LogP contribution in [0.5, 0.6) is 0 Å². The first-order valence-electron chi connectivity index (χ1n) is 5.52. The number of aromatic carboxylic acids is 1. The molecule has 0 aromatic heterocycles. The fourth-order valence-corrected chi connectivity index (χ4v) is 1.54. The highest BCUT2D eigenvalue weighted by Crippen LogP contribution is 2.11. The second-order valence-corrected chi connectivity index (χ2v) is 3.93. The van der Waals surface area contributed by atoms with Gasteiger partial charge in [0, 0.05) is 5.69 Å². The largest absolute Gasteiger partial charge is 0.478 e. The van der Waals surface area contributed by atoms with Gasteiger partial charge in [0.2, 0.25) is 0 Å². The first-order valence-corrected chi connectivity index (χ1v) is 5.52. The number of nitrogen functional groups attached to an aromatic ring is 1. The van der Waals surface area contributed by atoms with Crippen molar-refractivity contribution in [2.24, 2.45) is 0 Å². The van der Waals surface area contributed by atoms with Gasteiger partial charge in [0.15, 0.2) is 0 Å². The molecule has 0 spiro atoms. The number of carboxylic acids is 1. The van der Waals surface area contributed by atoms with E-state index in [0.29, 0.717) is 5.56 Å². The van der Waals surface area contributed by atoms with Crippen LogP contribution in [0, 0.1) is 0 Å². The van der Waals surface area contributed by atoms with Crippen molar-refractivity contribution in [3.63, 3.8) is 0 Å². The molecule has 3 nitrogen and oxygen atoms in total. The summed E-state index contributed by atoms with van der Waals surface area (Å²) in [6.45, 7) is 0. The van der Waals surface area contributed by atoms with Crippen LogP contribution in [-0.2, 0) is 0 Å². The number of hydrogen-bond acceptors (Lipinski definition) is 2. The highest BCUT2D eigenvalue weighted by molar-refractivity contribution is 5.88. The monoisotopic (exact) mass is 239 g/mol. The van der Waals surface area contributed by atoms with Crippen molar-refractivity contribution < 1.29 is 9.90 Å². The van der Waals surface area contributed by atoms with E-state index in [9.17, 15) is 4.79 Å². The molecule has 0 heterocycles. The van der Waals surface area contributed by atoms with Gasteiger partial charge in [0.25, 0.3) is 0 Å². The normalized spacial score (nSPS) is 10.7. The molecule has 0 aliphatic rings. The maximum absolute atomic E-state index is 10.7. The van der Waals surface area contributed by atoms with Crippen LogP contribution in [0.3, 0.4) is 0 Å². The Balaban J connectivity index is 2.13. The van der Waals surface area contributed by atoms with Crippen molar-refractivity contribution in [3.05, 3.63) is 65.2 Å². The molecule has 0 aliphatic heterocycles. The number of carbonyl (C=O) groups is 1. The van der Waals surface area contributed by atoms with Crippen LogP contribution in [0.15, 0.2) is 48.5 Å². The van der Waals surface area contributed by atoms with Crippen molar-refractivity contribution >= 4 is 23.8 Å². The maximum atomic E-state index is 10.7. The Morgan fingerprint density at radius 3 is 1.78 bits per heavy atom. The Kier molecular flexibility index (Phi) is 3.44. The van der Waals surface area contributed by atoms with Crippen LogP contribution < -0.4 is 5.73 Å². The van der Waals surface area contributed by atoms with Gasteiger partial charge in [-0.1, -0.05) is 36.4 Å². The number of hydrogen-bond donors (Lipinski definition) is 2. The minimum Gasteiger partial charge on any atom is -0.478 e. The molecule has 0 unspecified atom stereocenters. The van der Waals surface area contributed by atoms with Crippen molar-refractivity contribution in [2.45, 2.75) is 0 Å². The van der Waals surface area contributed by atoms with Crippen LogP contribution >= 0.6 is 0 Å². The lowest BCUT2D eigenvalue weighted by molar-refractivity contribution is 0.0697. The first-order chi connectivity index (χ1) is 8.65. The molecule has 0 fully saturated rings. The first kappa shape index (κ1) is 11.9. The molecule has 90 valence electrons. The molecule has 2 aromatic carbocycles. The summed E-state index contributed by atoms with van der Waals surface area (Å²) in [6.07, 6.45) is 3.88. The van der Waals surface area contributed by atoms with E-state index in [0.717, 1.165) is 16.8 Å². The highest BCUT2D eigenvalue weighted by Gasteiger charge is 1.99. The third-order valence-corrected chi connectivity index (χ3v) is 2.56. The lowest BCUT2D eigenvalue weighted by atomic mass is 10.1. The van der Waals surface area contributed by atoms with Crippen molar-refractivity contribution in [1.82, 2.24) is 0 Å². The van der Waals surface area contributed by atoms with Gasteiger partial charge in [-0.3, -0.25) is 0 Å². The van der Waals surface area contributed by atoms with E-state index >= 15 is 0 Å². The van der Waals surface area contributed by atoms with Gasteiger partial charge >= 0.3 is 5.97 Å². The lowest BCUT2D eigenvalue weighted by Crippen LogP contribution is -1.94. The molecule has 0 atom stereocenters. The lowest BCUT2D eigenvalue weighted by Gasteiger charge is -1.97. The molecule has 0 saturated heterocycles. The van der Waals surface area contributed by atoms with Crippen LogP contribution in [0.25, 0.3) is 12.2 Å². The average molecular weight is 239 g/mol. The summed E-state index contributed by atoms with van der Waals surface area (Å²) in [5, 5.41) is 8.78. The number of rotatable bonds is 3. The molecular weight excluding hydrogens is 226 g/mol. The number of carboxylic acid groups (broad SMARTS) is 1. The molecule has 0 aliphatic carbocycles. The van der Waals surface area contributed by atoms with Gasteiger partial charge in [-0.25, -0.2) is 4.79 Å². The Hall–Kier alpha value is -2.55. The quantitative estimate of drug-likeness (QED) is 0.639. The minimum absolute atomic E-state index is 0.291. The highest BCUT2D eigenvalue weighted by atomic mass is 16.4. The van der Waals surface area contributed by atoms with Crippen LogP contribution in [0.4, 0.5) is 5.69 Å². The van der Waals surface area contributed by atoms with Gasteiger partial charge < -0.3 is 10.8 Å². The fourth-order valence-electron chi connectivity index (χ4n) is 1.54. The summed E-state index contributed by atoms with van der Waals surface area (Å²) in [5.74, 6) is -0.913. The summed E-state index contributed by atoms with van der Waals surface area (Å²) < 4.78 is 0. The van der Waals surface area contributed by atoms with Crippen LogP contribution in [0.1, 0.15) is 21.5 Å². The Morgan fingerprint density at radius 1 is 0.889 bits per heavy atom. The van der Waals surface area contributed by atoms with E-state index in [1.165, 1.54) is 0 Å². The average Bonchev–Trinajstić information content (AvgIpc) is 2.38. The molecule has 0 amide bonds. The SMILES string of the molecule is Nc1ccc(C=Cc2ccc(C(=O)O)cc2)cc1. The number of nitrogens with two attached hydrogens (primary N) is 1. The van der Waals surface area contributed by atoms with Gasteiger partial charge in [0.05, 0.1) is 5.56 Å². The van der Waals surface area contributed by atoms with Gasteiger partial charge in [-0.2, -0.15) is 0 Å². The molecule has 18 heavy (non-hydrogen) atoms. The molecule has 0 radical (unpaired) electrons. The van der Waals surface area contributed by atoms with Crippen molar-refractivity contribution in [1.29, 1.82) is 0 Å². The molecule has 3 heteroatoms. The number of anilines is 1. The predicted octanol–water partition coefficient (Wildman–Crippen LogP) is 3.14. The number of benzene rings is 2. The van der Waals surface area contributed by atoms with Crippen LogP contribution in [0.2, 0.25) is 0 Å². The van der Waals surface area contributed by atoms with E-state index in [1.807, 2.05) is 36.4 Å². The van der Waals surface area contributed by atoms with Gasteiger partial charge in [-0.05, 0) is 35.4 Å². The Bertz CT molecular complexity index is 568. The third kappa shape index (κ3) is 2.98. The molecule has 0 saturated carbocycles. The second kappa shape index (κ2) is 5.19. The Labute approximate surface area is 105 Å². The third-order valence-electron chi connectivity index (χ3n) is 2.56. The molecule has 2 aromatic rings. The zero-order chi connectivity index (χ0) is 13.0. The molecule has 3 N–H and O–H groups in total. The molecular formula is C15H13NO2. The minimum atomic E-state index is -0.913. The fraction of sp³-hybridized carbons (Fsp3) is 0. The Morgan fingerprint density at radius 2 is 1.33 bits per heavy atom. The zero-order valence-corrected chi connectivity index (χ0v) is 9.71.